The molecule has 1 aliphatic heterocycles. The molecule has 0 aliphatic carbocycles. The van der Waals surface area contributed by atoms with E-state index in [1.165, 1.54) is 17.7 Å². The first-order valence-corrected chi connectivity index (χ1v) is 8.54. The van der Waals surface area contributed by atoms with E-state index >= 15 is 0 Å². The predicted octanol–water partition coefficient (Wildman–Crippen LogP) is 3.10. The van der Waals surface area contributed by atoms with Gasteiger partial charge in [-0.1, -0.05) is 55.5 Å². The number of unbranched alkanes of at least 4 members (excludes halogenated alkanes) is 4. The van der Waals surface area contributed by atoms with Gasteiger partial charge in [0, 0.05) is 16.8 Å². The molecular weight excluding hydrogens is 317 g/mol. The lowest BCUT2D eigenvalue weighted by atomic mass is 9.92. The molecule has 1 heterocycles. The minimum atomic E-state index is -1.38. The second kappa shape index (κ2) is 8.23. The fraction of sp³-hybridized carbons (Fsp3) is 0.800. The Hall–Kier alpha value is -0.285. The lowest BCUT2D eigenvalue weighted by Crippen LogP contribution is -2.53. The molecule has 1 amide bonds. The van der Waals surface area contributed by atoms with E-state index in [-0.39, 0.29) is 5.91 Å². The molecule has 112 valence electrons. The molecule has 1 aliphatic rings. The van der Waals surface area contributed by atoms with Gasteiger partial charge in [0.05, 0.1) is 7.85 Å². The van der Waals surface area contributed by atoms with Crippen LogP contribution in [0.3, 0.4) is 0 Å². The molecule has 0 aromatic carbocycles. The second-order valence-corrected chi connectivity index (χ2v) is 6.46. The normalized spacial score (nSPS) is 24.1. The summed E-state index contributed by atoms with van der Waals surface area (Å²) < 4.78 is -0.663. The van der Waals surface area contributed by atoms with Crippen LogP contribution in [-0.2, 0) is 4.79 Å². The van der Waals surface area contributed by atoms with Crippen molar-refractivity contribution in [3.05, 3.63) is 11.6 Å². The molecule has 0 saturated carbocycles. The smallest absolute Gasteiger partial charge is 0.252 e. The van der Waals surface area contributed by atoms with Gasteiger partial charge < -0.3 is 10.0 Å². The molecule has 2 atom stereocenters. The third kappa shape index (κ3) is 4.11. The summed E-state index contributed by atoms with van der Waals surface area (Å²) in [6.45, 7) is 4.77. The number of hydrogen-bond donors (Lipinski definition) is 1. The predicted molar refractivity (Wildman–Crippen MR) is 86.9 cm³/mol. The van der Waals surface area contributed by atoms with Crippen molar-refractivity contribution in [1.82, 2.24) is 4.90 Å². The van der Waals surface area contributed by atoms with Crippen LogP contribution in [0.2, 0.25) is 0 Å². The van der Waals surface area contributed by atoms with Gasteiger partial charge in [0.25, 0.3) is 5.91 Å². The molecule has 0 aromatic rings. The Morgan fingerprint density at radius 3 is 2.50 bits per heavy atom. The fourth-order valence-electron chi connectivity index (χ4n) is 2.48. The van der Waals surface area contributed by atoms with Gasteiger partial charge in [-0.2, -0.15) is 0 Å². The van der Waals surface area contributed by atoms with Crippen LogP contribution in [0.5, 0.6) is 0 Å². The van der Waals surface area contributed by atoms with Crippen molar-refractivity contribution in [1.29, 1.82) is 0 Å². The number of carbonyl (C=O) groups is 1. The van der Waals surface area contributed by atoms with E-state index in [9.17, 15) is 9.90 Å². The molecule has 3 nitrogen and oxygen atoms in total. The van der Waals surface area contributed by atoms with E-state index in [2.05, 4.69) is 29.8 Å². The highest BCUT2D eigenvalue weighted by molar-refractivity contribution is 9.10. The first kappa shape index (κ1) is 17.8. The summed E-state index contributed by atoms with van der Waals surface area (Å²) in [5.41, 5.74) is -0.679. The summed E-state index contributed by atoms with van der Waals surface area (Å²) in [5.74, 6) is -0.0626. The summed E-state index contributed by atoms with van der Waals surface area (Å²) in [7, 11) is 5.82. The van der Waals surface area contributed by atoms with E-state index in [4.69, 9.17) is 7.85 Å². The minimum Gasteiger partial charge on any atom is -0.367 e. The number of carbonyl (C=O) groups excluding carboxylic acids is 1. The SMILES string of the molecule is [B]C(Br)C1(O)C=C(CCCCCC)C(=O)N1CCCC. The van der Waals surface area contributed by atoms with Gasteiger partial charge in [0.2, 0.25) is 0 Å². The highest BCUT2D eigenvalue weighted by atomic mass is 79.9. The zero-order chi connectivity index (χ0) is 15.2. The van der Waals surface area contributed by atoms with Gasteiger partial charge in [-0.15, -0.1) is 0 Å². The van der Waals surface area contributed by atoms with Crippen molar-refractivity contribution < 1.29 is 9.90 Å². The van der Waals surface area contributed by atoms with Gasteiger partial charge in [0.15, 0.2) is 5.72 Å². The topological polar surface area (TPSA) is 40.5 Å². The van der Waals surface area contributed by atoms with Crippen LogP contribution in [0.4, 0.5) is 0 Å². The Balaban J connectivity index is 2.73. The maximum absolute atomic E-state index is 12.4. The number of aliphatic hydroxyl groups is 1. The number of halogens is 1. The van der Waals surface area contributed by atoms with Crippen LogP contribution in [-0.4, -0.2) is 40.8 Å². The maximum atomic E-state index is 12.4. The van der Waals surface area contributed by atoms with E-state index in [0.29, 0.717) is 12.1 Å². The Kier molecular flexibility index (Phi) is 7.31. The van der Waals surface area contributed by atoms with Gasteiger partial charge in [-0.05, 0) is 25.3 Å². The molecule has 1 N–H and O–H groups in total. The monoisotopic (exact) mass is 341 g/mol. The van der Waals surface area contributed by atoms with E-state index in [0.717, 1.165) is 32.1 Å². The zero-order valence-electron chi connectivity index (χ0n) is 12.6. The average molecular weight is 342 g/mol. The molecule has 1 rings (SSSR count). The molecule has 2 unspecified atom stereocenters. The van der Waals surface area contributed by atoms with Crippen molar-refractivity contribution in [2.75, 3.05) is 6.54 Å². The quantitative estimate of drug-likeness (QED) is 0.397. The van der Waals surface area contributed by atoms with E-state index in [1.54, 1.807) is 6.08 Å². The number of nitrogens with zero attached hydrogens (tertiary/aromatic N) is 1. The molecular formula is C15H25BBrNO2. The minimum absolute atomic E-state index is 0.0626. The lowest BCUT2D eigenvalue weighted by Gasteiger charge is -2.35. The van der Waals surface area contributed by atoms with Crippen LogP contribution in [0.1, 0.15) is 58.8 Å². The van der Waals surface area contributed by atoms with Gasteiger partial charge in [0.1, 0.15) is 0 Å². The van der Waals surface area contributed by atoms with E-state index in [1.807, 2.05) is 0 Å². The number of hydrogen-bond acceptors (Lipinski definition) is 2. The Bertz CT molecular complexity index is 360. The number of amides is 1. The highest BCUT2D eigenvalue weighted by Gasteiger charge is 2.45. The van der Waals surface area contributed by atoms with Crippen molar-refractivity contribution in [2.24, 2.45) is 0 Å². The molecule has 0 aromatic heterocycles. The second-order valence-electron chi connectivity index (χ2n) is 5.48. The molecule has 0 bridgehead atoms. The van der Waals surface area contributed by atoms with Crippen molar-refractivity contribution in [2.45, 2.75) is 69.2 Å². The number of alkyl halides is 1. The lowest BCUT2D eigenvalue weighted by molar-refractivity contribution is -0.140. The molecule has 5 heteroatoms. The van der Waals surface area contributed by atoms with Crippen molar-refractivity contribution in [3.63, 3.8) is 0 Å². The summed E-state index contributed by atoms with van der Waals surface area (Å²) in [6, 6.07) is 0. The highest BCUT2D eigenvalue weighted by Crippen LogP contribution is 2.33. The Morgan fingerprint density at radius 2 is 1.95 bits per heavy atom. The first-order chi connectivity index (χ1) is 9.47. The Morgan fingerprint density at radius 1 is 1.30 bits per heavy atom. The summed E-state index contributed by atoms with van der Waals surface area (Å²) >= 11 is 3.23. The molecule has 0 spiro atoms. The van der Waals surface area contributed by atoms with Crippen LogP contribution in [0.15, 0.2) is 11.6 Å². The maximum Gasteiger partial charge on any atom is 0.252 e. The van der Waals surface area contributed by atoms with Crippen LogP contribution in [0.25, 0.3) is 0 Å². The standard InChI is InChI=1S/C15H25BBrNO2/c1-3-5-7-8-9-12-11-15(20,14(16)17)18(13(12)19)10-6-4-2/h11,14,20H,3-10H2,1-2H3. The molecule has 20 heavy (non-hydrogen) atoms. The molecule has 0 saturated heterocycles. The van der Waals surface area contributed by atoms with Gasteiger partial charge >= 0.3 is 0 Å². The third-order valence-corrected chi connectivity index (χ3v) is 4.45. The first-order valence-electron chi connectivity index (χ1n) is 7.63. The summed E-state index contributed by atoms with van der Waals surface area (Å²) in [6.07, 6.45) is 8.68. The third-order valence-electron chi connectivity index (χ3n) is 3.78. The fourth-order valence-corrected chi connectivity index (χ4v) is 2.86. The number of rotatable bonds is 9. The Labute approximate surface area is 132 Å². The van der Waals surface area contributed by atoms with E-state index < -0.39 is 10.5 Å². The molecule has 2 radical (unpaired) electrons. The van der Waals surface area contributed by atoms with Crippen LogP contribution in [0, 0.1) is 0 Å². The molecule has 0 fully saturated rings. The zero-order valence-corrected chi connectivity index (χ0v) is 14.2. The average Bonchev–Trinajstić information content (AvgIpc) is 2.66. The van der Waals surface area contributed by atoms with Gasteiger partial charge in [-0.25, -0.2) is 0 Å². The van der Waals surface area contributed by atoms with Crippen LogP contribution < -0.4 is 0 Å². The van der Waals surface area contributed by atoms with Crippen LogP contribution >= 0.6 is 15.9 Å². The summed E-state index contributed by atoms with van der Waals surface area (Å²) in [5, 5.41) is 10.7. The van der Waals surface area contributed by atoms with Gasteiger partial charge in [-0.3, -0.25) is 4.79 Å². The van der Waals surface area contributed by atoms with Crippen molar-refractivity contribution >= 4 is 29.7 Å². The largest absolute Gasteiger partial charge is 0.367 e. The summed E-state index contributed by atoms with van der Waals surface area (Å²) in [4.78, 5) is 13.9. The van der Waals surface area contributed by atoms with Crippen molar-refractivity contribution in [3.8, 4) is 0 Å².